The molecule has 0 aliphatic carbocycles. The molecule has 0 aromatic carbocycles. The average Bonchev–Trinajstić information content (AvgIpc) is 2.78. The number of hydrogen-bond donors (Lipinski definition) is 1. The van der Waals surface area contributed by atoms with Crippen molar-refractivity contribution in [2.45, 2.75) is 19.4 Å². The van der Waals surface area contributed by atoms with Crippen LogP contribution < -0.4 is 5.32 Å². The number of aromatic nitrogens is 2. The fourth-order valence-electron chi connectivity index (χ4n) is 1.44. The normalized spacial score (nSPS) is 12.6. The van der Waals surface area contributed by atoms with Crippen LogP contribution in [0.15, 0.2) is 35.2 Å². The van der Waals surface area contributed by atoms with Crippen LogP contribution in [0.5, 0.6) is 0 Å². The van der Waals surface area contributed by atoms with E-state index in [4.69, 9.17) is 4.42 Å². The molecule has 16 heavy (non-hydrogen) atoms. The number of hydrogen-bond acceptors (Lipinski definition) is 4. The van der Waals surface area contributed by atoms with E-state index >= 15 is 0 Å². The summed E-state index contributed by atoms with van der Waals surface area (Å²) in [5.74, 6) is 0.653. The first-order valence-electron chi connectivity index (χ1n) is 5.31. The molecular weight excluding hydrogens is 202 g/mol. The zero-order valence-corrected chi connectivity index (χ0v) is 9.47. The third kappa shape index (κ3) is 2.46. The second-order valence-electron chi connectivity index (χ2n) is 3.77. The molecule has 1 N–H and O–H groups in total. The Kier molecular flexibility index (Phi) is 3.31. The lowest BCUT2D eigenvalue weighted by atomic mass is 10.2. The summed E-state index contributed by atoms with van der Waals surface area (Å²) < 4.78 is 5.43. The summed E-state index contributed by atoms with van der Waals surface area (Å²) in [5, 5.41) is 3.17. The Labute approximate surface area is 94.7 Å². The number of nitrogens with zero attached hydrogens (tertiary/aromatic N) is 2. The highest BCUT2D eigenvalue weighted by Crippen LogP contribution is 2.17. The van der Waals surface area contributed by atoms with Crippen molar-refractivity contribution in [3.8, 4) is 11.5 Å². The topological polar surface area (TPSA) is 51.0 Å². The lowest BCUT2D eigenvalue weighted by Crippen LogP contribution is -2.23. The molecule has 4 heteroatoms. The monoisotopic (exact) mass is 217 g/mol. The molecular formula is C12H15N3O. The maximum atomic E-state index is 5.43. The first-order valence-corrected chi connectivity index (χ1v) is 5.31. The van der Waals surface area contributed by atoms with Gasteiger partial charge in [0.1, 0.15) is 6.26 Å². The lowest BCUT2D eigenvalue weighted by Gasteiger charge is -2.05. The summed E-state index contributed by atoms with van der Waals surface area (Å²) >= 11 is 0. The number of pyridine rings is 1. The van der Waals surface area contributed by atoms with Gasteiger partial charge in [0, 0.05) is 30.4 Å². The molecule has 2 heterocycles. The molecule has 1 atom stereocenters. The first-order chi connectivity index (χ1) is 7.79. The molecule has 0 aliphatic rings. The van der Waals surface area contributed by atoms with Crippen molar-refractivity contribution in [1.29, 1.82) is 0 Å². The van der Waals surface area contributed by atoms with Gasteiger partial charge in [0.05, 0.1) is 5.69 Å². The Morgan fingerprint density at radius 2 is 2.12 bits per heavy atom. The molecule has 0 fully saturated rings. The van der Waals surface area contributed by atoms with Gasteiger partial charge in [-0.25, -0.2) is 4.98 Å². The minimum Gasteiger partial charge on any atom is -0.444 e. The Bertz CT molecular complexity index is 439. The predicted octanol–water partition coefficient (Wildman–Crippen LogP) is 1.89. The molecule has 0 saturated carbocycles. The van der Waals surface area contributed by atoms with E-state index in [0.717, 1.165) is 17.7 Å². The van der Waals surface area contributed by atoms with Gasteiger partial charge in [-0.15, -0.1) is 0 Å². The zero-order chi connectivity index (χ0) is 11.4. The van der Waals surface area contributed by atoms with Crippen molar-refractivity contribution >= 4 is 0 Å². The van der Waals surface area contributed by atoms with Gasteiger partial charge in [-0.3, -0.25) is 4.98 Å². The minimum absolute atomic E-state index is 0.399. The van der Waals surface area contributed by atoms with Gasteiger partial charge in [0.25, 0.3) is 0 Å². The molecule has 2 rings (SSSR count). The average molecular weight is 217 g/mol. The summed E-state index contributed by atoms with van der Waals surface area (Å²) in [6.07, 6.45) is 6.04. The minimum atomic E-state index is 0.399. The van der Waals surface area contributed by atoms with Crippen LogP contribution >= 0.6 is 0 Å². The van der Waals surface area contributed by atoms with Crippen LogP contribution in [0.1, 0.15) is 12.6 Å². The highest BCUT2D eigenvalue weighted by atomic mass is 16.3. The van der Waals surface area contributed by atoms with Crippen molar-refractivity contribution in [1.82, 2.24) is 15.3 Å². The molecule has 0 spiro atoms. The first kappa shape index (κ1) is 10.8. The van der Waals surface area contributed by atoms with Crippen LogP contribution in [0.3, 0.4) is 0 Å². The summed E-state index contributed by atoms with van der Waals surface area (Å²) in [7, 11) is 1.94. The Balaban J connectivity index is 2.14. The largest absolute Gasteiger partial charge is 0.444 e. The van der Waals surface area contributed by atoms with Gasteiger partial charge in [-0.1, -0.05) is 0 Å². The van der Waals surface area contributed by atoms with Gasteiger partial charge in [-0.2, -0.15) is 0 Å². The Morgan fingerprint density at radius 3 is 2.81 bits per heavy atom. The SMILES string of the molecule is CNC(C)Cc1coc(-c2ccncc2)n1. The van der Waals surface area contributed by atoms with Crippen LogP contribution in [0.2, 0.25) is 0 Å². The summed E-state index contributed by atoms with van der Waals surface area (Å²) in [6.45, 7) is 2.11. The van der Waals surface area contributed by atoms with Gasteiger partial charge < -0.3 is 9.73 Å². The third-order valence-corrected chi connectivity index (χ3v) is 2.49. The summed E-state index contributed by atoms with van der Waals surface area (Å²) in [5.41, 5.74) is 1.92. The van der Waals surface area contributed by atoms with E-state index in [2.05, 4.69) is 22.2 Å². The maximum absolute atomic E-state index is 5.43. The Morgan fingerprint density at radius 1 is 1.38 bits per heavy atom. The molecule has 1 unspecified atom stereocenters. The van der Waals surface area contributed by atoms with E-state index in [1.54, 1.807) is 18.7 Å². The highest BCUT2D eigenvalue weighted by Gasteiger charge is 2.08. The van der Waals surface area contributed by atoms with Crippen LogP contribution in [0.25, 0.3) is 11.5 Å². The van der Waals surface area contributed by atoms with E-state index in [9.17, 15) is 0 Å². The number of rotatable bonds is 4. The van der Waals surface area contributed by atoms with E-state index in [1.165, 1.54) is 0 Å². The van der Waals surface area contributed by atoms with E-state index in [0.29, 0.717) is 11.9 Å². The predicted molar refractivity (Wildman–Crippen MR) is 62.0 cm³/mol. The van der Waals surface area contributed by atoms with Crippen LogP contribution in [0.4, 0.5) is 0 Å². The quantitative estimate of drug-likeness (QED) is 0.849. The fraction of sp³-hybridized carbons (Fsp3) is 0.333. The molecule has 4 nitrogen and oxygen atoms in total. The van der Waals surface area contributed by atoms with Crippen molar-refractivity contribution in [3.05, 3.63) is 36.5 Å². The van der Waals surface area contributed by atoms with Gasteiger partial charge in [0.2, 0.25) is 5.89 Å². The van der Waals surface area contributed by atoms with E-state index < -0.39 is 0 Å². The van der Waals surface area contributed by atoms with Gasteiger partial charge in [0.15, 0.2) is 0 Å². The van der Waals surface area contributed by atoms with Crippen LogP contribution in [0, 0.1) is 0 Å². The van der Waals surface area contributed by atoms with Gasteiger partial charge >= 0.3 is 0 Å². The van der Waals surface area contributed by atoms with Crippen molar-refractivity contribution in [3.63, 3.8) is 0 Å². The third-order valence-electron chi connectivity index (χ3n) is 2.49. The highest BCUT2D eigenvalue weighted by molar-refractivity contribution is 5.51. The van der Waals surface area contributed by atoms with Crippen LogP contribution in [-0.2, 0) is 6.42 Å². The smallest absolute Gasteiger partial charge is 0.226 e. The molecule has 84 valence electrons. The van der Waals surface area contributed by atoms with Crippen molar-refractivity contribution < 1.29 is 4.42 Å². The number of nitrogens with one attached hydrogen (secondary N) is 1. The molecule has 2 aromatic heterocycles. The van der Waals surface area contributed by atoms with E-state index in [1.807, 2.05) is 19.2 Å². The molecule has 2 aromatic rings. The molecule has 0 radical (unpaired) electrons. The van der Waals surface area contributed by atoms with Gasteiger partial charge in [-0.05, 0) is 26.1 Å². The second kappa shape index (κ2) is 4.90. The second-order valence-corrected chi connectivity index (χ2v) is 3.77. The van der Waals surface area contributed by atoms with Crippen molar-refractivity contribution in [2.24, 2.45) is 0 Å². The van der Waals surface area contributed by atoms with Crippen molar-refractivity contribution in [2.75, 3.05) is 7.05 Å². The summed E-state index contributed by atoms with van der Waals surface area (Å²) in [6, 6.07) is 4.17. The fourth-order valence-corrected chi connectivity index (χ4v) is 1.44. The molecule has 0 aliphatic heterocycles. The molecule has 0 amide bonds. The summed E-state index contributed by atoms with van der Waals surface area (Å²) in [4.78, 5) is 8.39. The van der Waals surface area contributed by atoms with Crippen LogP contribution in [-0.4, -0.2) is 23.1 Å². The maximum Gasteiger partial charge on any atom is 0.226 e. The number of oxazole rings is 1. The lowest BCUT2D eigenvalue weighted by molar-refractivity contribution is 0.565. The zero-order valence-electron chi connectivity index (χ0n) is 9.47. The molecule has 0 bridgehead atoms. The van der Waals surface area contributed by atoms with E-state index in [-0.39, 0.29) is 0 Å². The number of likely N-dealkylation sites (N-methyl/N-ethyl adjacent to an activating group) is 1. The molecule has 0 saturated heterocycles. The standard InChI is InChI=1S/C12H15N3O/c1-9(13-2)7-11-8-16-12(15-11)10-3-5-14-6-4-10/h3-6,8-9,13H,7H2,1-2H3. The Hall–Kier alpha value is -1.68.